The average molecular weight is 330 g/mol. The fraction of sp³-hybridized carbons (Fsp3) is 0.0556. The molecule has 0 aliphatic heterocycles. The molecule has 0 spiro atoms. The number of hydrogen-bond acceptors (Lipinski definition) is 3. The molecule has 3 aromatic rings. The van der Waals surface area contributed by atoms with E-state index < -0.39 is 11.9 Å². The van der Waals surface area contributed by atoms with Gasteiger partial charge in [0.05, 0.1) is 5.02 Å². The highest BCUT2D eigenvalue weighted by Gasteiger charge is 2.20. The van der Waals surface area contributed by atoms with Gasteiger partial charge in [0, 0.05) is 29.6 Å². The van der Waals surface area contributed by atoms with Gasteiger partial charge in [-0.1, -0.05) is 35.9 Å². The van der Waals surface area contributed by atoms with E-state index >= 15 is 0 Å². The summed E-state index contributed by atoms with van der Waals surface area (Å²) in [5.41, 5.74) is 0.463. The molecular formula is C18H13ClFNO2. The highest BCUT2D eigenvalue weighted by Crippen LogP contribution is 2.34. The number of benzene rings is 2. The van der Waals surface area contributed by atoms with Gasteiger partial charge >= 0.3 is 0 Å². The van der Waals surface area contributed by atoms with Crippen molar-refractivity contribution in [3.63, 3.8) is 0 Å². The molecule has 0 bridgehead atoms. The Kier molecular flexibility index (Phi) is 4.55. The smallest absolute Gasteiger partial charge is 0.134 e. The lowest BCUT2D eigenvalue weighted by atomic mass is 10.0. The predicted molar refractivity (Wildman–Crippen MR) is 86.2 cm³/mol. The number of hydrogen-bond donors (Lipinski definition) is 1. The van der Waals surface area contributed by atoms with Gasteiger partial charge in [-0.2, -0.15) is 0 Å². The first kappa shape index (κ1) is 15.5. The van der Waals surface area contributed by atoms with Gasteiger partial charge in [0.2, 0.25) is 0 Å². The van der Waals surface area contributed by atoms with Crippen LogP contribution in [0.25, 0.3) is 0 Å². The minimum atomic E-state index is -1.19. The van der Waals surface area contributed by atoms with Crippen molar-refractivity contribution >= 4 is 11.6 Å². The van der Waals surface area contributed by atoms with Gasteiger partial charge in [-0.15, -0.1) is 0 Å². The van der Waals surface area contributed by atoms with Gasteiger partial charge in [-0.25, -0.2) is 4.39 Å². The second-order valence-corrected chi connectivity index (χ2v) is 5.31. The van der Waals surface area contributed by atoms with Crippen LogP contribution in [0.4, 0.5) is 4.39 Å². The minimum absolute atomic E-state index is 0.0000725. The molecule has 0 aliphatic carbocycles. The first-order valence-electron chi connectivity index (χ1n) is 6.95. The van der Waals surface area contributed by atoms with Gasteiger partial charge in [-0.05, 0) is 24.3 Å². The van der Waals surface area contributed by atoms with E-state index in [0.717, 1.165) is 0 Å². The summed E-state index contributed by atoms with van der Waals surface area (Å²) >= 11 is 6.15. The van der Waals surface area contributed by atoms with Crippen LogP contribution in [0.5, 0.6) is 11.5 Å². The van der Waals surface area contributed by atoms with E-state index in [9.17, 15) is 9.50 Å². The van der Waals surface area contributed by atoms with Crippen molar-refractivity contribution in [2.24, 2.45) is 0 Å². The van der Waals surface area contributed by atoms with Crippen molar-refractivity contribution < 1.29 is 14.2 Å². The SMILES string of the molecule is OC(c1cccnc1)c1c(F)cc(Oc2ccccc2)cc1Cl. The number of pyridine rings is 1. The molecule has 23 heavy (non-hydrogen) atoms. The van der Waals surface area contributed by atoms with Crippen LogP contribution in [0, 0.1) is 5.82 Å². The van der Waals surface area contributed by atoms with Crippen LogP contribution in [0.1, 0.15) is 17.2 Å². The molecule has 0 saturated carbocycles. The number of aromatic nitrogens is 1. The summed E-state index contributed by atoms with van der Waals surface area (Å²) in [5, 5.41) is 10.4. The van der Waals surface area contributed by atoms with Crippen molar-refractivity contribution in [3.8, 4) is 11.5 Å². The largest absolute Gasteiger partial charge is 0.457 e. The van der Waals surface area contributed by atoms with E-state index in [2.05, 4.69) is 4.98 Å². The monoisotopic (exact) mass is 329 g/mol. The highest BCUT2D eigenvalue weighted by atomic mass is 35.5. The zero-order chi connectivity index (χ0) is 16.2. The molecule has 0 fully saturated rings. The number of rotatable bonds is 4. The van der Waals surface area contributed by atoms with E-state index in [4.69, 9.17) is 16.3 Å². The average Bonchev–Trinajstić information content (AvgIpc) is 2.56. The summed E-state index contributed by atoms with van der Waals surface area (Å²) in [6, 6.07) is 15.0. The number of ether oxygens (including phenoxy) is 1. The van der Waals surface area contributed by atoms with Crippen LogP contribution < -0.4 is 4.74 Å². The molecule has 1 unspecified atom stereocenters. The van der Waals surface area contributed by atoms with Crippen LogP contribution in [0.2, 0.25) is 5.02 Å². The molecular weight excluding hydrogens is 317 g/mol. The first-order valence-corrected chi connectivity index (χ1v) is 7.33. The summed E-state index contributed by atoms with van der Waals surface area (Å²) in [4.78, 5) is 3.91. The van der Waals surface area contributed by atoms with Crippen molar-refractivity contribution in [2.45, 2.75) is 6.10 Å². The molecule has 5 heteroatoms. The topological polar surface area (TPSA) is 42.4 Å². The third-order valence-corrected chi connectivity index (χ3v) is 3.62. The maximum absolute atomic E-state index is 14.4. The van der Waals surface area contributed by atoms with Gasteiger partial charge in [0.25, 0.3) is 0 Å². The van der Waals surface area contributed by atoms with E-state index in [-0.39, 0.29) is 16.3 Å². The molecule has 0 saturated heterocycles. The third kappa shape index (κ3) is 3.50. The number of para-hydroxylation sites is 1. The van der Waals surface area contributed by atoms with Crippen molar-refractivity contribution in [1.29, 1.82) is 0 Å². The van der Waals surface area contributed by atoms with E-state index in [1.807, 2.05) is 18.2 Å². The Morgan fingerprint density at radius 3 is 2.48 bits per heavy atom. The Morgan fingerprint density at radius 1 is 1.04 bits per heavy atom. The second kappa shape index (κ2) is 6.77. The van der Waals surface area contributed by atoms with Gasteiger partial charge in [0.15, 0.2) is 0 Å². The molecule has 1 heterocycles. The molecule has 3 rings (SSSR count). The lowest BCUT2D eigenvalue weighted by molar-refractivity contribution is 0.214. The number of nitrogens with zero attached hydrogens (tertiary/aromatic N) is 1. The lowest BCUT2D eigenvalue weighted by Gasteiger charge is -2.15. The fourth-order valence-electron chi connectivity index (χ4n) is 2.21. The summed E-state index contributed by atoms with van der Waals surface area (Å²) in [6.45, 7) is 0. The standard InChI is InChI=1S/C18H13ClFNO2/c19-15-9-14(23-13-6-2-1-3-7-13)10-16(20)17(15)18(22)12-5-4-8-21-11-12/h1-11,18,22H. The van der Waals surface area contributed by atoms with Gasteiger partial charge in [-0.3, -0.25) is 4.98 Å². The van der Waals surface area contributed by atoms with Crippen LogP contribution in [-0.4, -0.2) is 10.1 Å². The lowest BCUT2D eigenvalue weighted by Crippen LogP contribution is -2.04. The van der Waals surface area contributed by atoms with Gasteiger partial charge in [0.1, 0.15) is 23.4 Å². The van der Waals surface area contributed by atoms with Gasteiger partial charge < -0.3 is 9.84 Å². The summed E-state index contributed by atoms with van der Waals surface area (Å²) < 4.78 is 20.0. The zero-order valence-electron chi connectivity index (χ0n) is 12.0. The van der Waals surface area contributed by atoms with Crippen molar-refractivity contribution in [3.05, 3.63) is 89.0 Å². The quantitative estimate of drug-likeness (QED) is 0.751. The van der Waals surface area contributed by atoms with Crippen molar-refractivity contribution in [1.82, 2.24) is 4.98 Å². The van der Waals surface area contributed by atoms with E-state index in [0.29, 0.717) is 11.3 Å². The molecule has 116 valence electrons. The number of halogens is 2. The normalized spacial score (nSPS) is 12.0. The molecule has 1 aromatic heterocycles. The molecule has 1 atom stereocenters. The zero-order valence-corrected chi connectivity index (χ0v) is 12.7. The van der Waals surface area contributed by atoms with Crippen molar-refractivity contribution in [2.75, 3.05) is 0 Å². The summed E-state index contributed by atoms with van der Waals surface area (Å²) in [5.74, 6) is 0.198. The molecule has 0 amide bonds. The second-order valence-electron chi connectivity index (χ2n) is 4.90. The minimum Gasteiger partial charge on any atom is -0.457 e. The Labute approximate surface area is 138 Å². The Hall–Kier alpha value is -2.43. The maximum Gasteiger partial charge on any atom is 0.134 e. The maximum atomic E-state index is 14.4. The van der Waals surface area contributed by atoms with Crippen LogP contribution in [0.3, 0.4) is 0 Å². The van der Waals surface area contributed by atoms with E-state index in [1.165, 1.54) is 18.3 Å². The third-order valence-electron chi connectivity index (χ3n) is 3.31. The molecule has 1 N–H and O–H groups in total. The summed E-state index contributed by atoms with van der Waals surface area (Å²) in [6.07, 6.45) is 1.85. The Balaban J connectivity index is 1.92. The van der Waals surface area contributed by atoms with E-state index in [1.54, 1.807) is 30.5 Å². The molecule has 2 aromatic carbocycles. The van der Waals surface area contributed by atoms with Crippen LogP contribution in [0.15, 0.2) is 67.0 Å². The predicted octanol–water partition coefficient (Wildman–Crippen LogP) is 4.75. The van der Waals surface area contributed by atoms with Crippen LogP contribution in [-0.2, 0) is 0 Å². The van der Waals surface area contributed by atoms with Crippen LogP contribution >= 0.6 is 11.6 Å². The molecule has 0 radical (unpaired) electrons. The first-order chi connectivity index (χ1) is 11.1. The number of aliphatic hydroxyl groups is 1. The molecule has 0 aliphatic rings. The summed E-state index contributed by atoms with van der Waals surface area (Å²) in [7, 11) is 0. The highest BCUT2D eigenvalue weighted by molar-refractivity contribution is 6.31. The molecule has 3 nitrogen and oxygen atoms in total. The Morgan fingerprint density at radius 2 is 1.83 bits per heavy atom. The fourth-order valence-corrected chi connectivity index (χ4v) is 2.51. The Bertz CT molecular complexity index is 774. The number of aliphatic hydroxyl groups excluding tert-OH is 1.